The zero-order valence-corrected chi connectivity index (χ0v) is 14.1. The normalized spacial score (nSPS) is 16.8. The summed E-state index contributed by atoms with van der Waals surface area (Å²) in [5, 5.41) is 7.03. The van der Waals surface area contributed by atoms with Gasteiger partial charge in [0, 0.05) is 45.0 Å². The van der Waals surface area contributed by atoms with Crippen molar-refractivity contribution < 1.29 is 9.32 Å². The Bertz CT molecular complexity index is 665. The molecule has 1 N–H and O–H groups in total. The third-order valence-electron chi connectivity index (χ3n) is 4.19. The lowest BCUT2D eigenvalue weighted by Gasteiger charge is -2.34. The molecule has 1 saturated heterocycles. The van der Waals surface area contributed by atoms with Gasteiger partial charge in [0.25, 0.3) is 0 Å². The third-order valence-corrected chi connectivity index (χ3v) is 4.19. The number of aromatic nitrogens is 2. The second-order valence-electron chi connectivity index (χ2n) is 6.12. The van der Waals surface area contributed by atoms with E-state index >= 15 is 0 Å². The minimum Gasteiger partial charge on any atom is -0.361 e. The molecule has 1 unspecified atom stereocenters. The van der Waals surface area contributed by atoms with Crippen LogP contribution in [0.3, 0.4) is 0 Å². The second kappa shape index (κ2) is 7.44. The summed E-state index contributed by atoms with van der Waals surface area (Å²) in [6.45, 7) is 7.67. The molecule has 3 heterocycles. The molecule has 0 aliphatic carbocycles. The first kappa shape index (κ1) is 16.4. The Kier molecular flexibility index (Phi) is 5.10. The molecule has 7 heteroatoms. The first-order valence-corrected chi connectivity index (χ1v) is 8.23. The van der Waals surface area contributed by atoms with Crippen molar-refractivity contribution in [1.82, 2.24) is 25.3 Å². The zero-order valence-electron chi connectivity index (χ0n) is 14.1. The Morgan fingerprint density at radius 3 is 2.75 bits per heavy atom. The summed E-state index contributed by atoms with van der Waals surface area (Å²) < 4.78 is 5.09. The molecular weight excluding hydrogens is 306 g/mol. The predicted molar refractivity (Wildman–Crippen MR) is 89.3 cm³/mol. The summed E-state index contributed by atoms with van der Waals surface area (Å²) in [5.41, 5.74) is 1.81. The highest BCUT2D eigenvalue weighted by molar-refractivity contribution is 5.74. The van der Waals surface area contributed by atoms with Gasteiger partial charge in [0.2, 0.25) is 0 Å². The van der Waals surface area contributed by atoms with Gasteiger partial charge >= 0.3 is 6.03 Å². The van der Waals surface area contributed by atoms with Crippen LogP contribution >= 0.6 is 0 Å². The Morgan fingerprint density at radius 2 is 2.12 bits per heavy atom. The van der Waals surface area contributed by atoms with Crippen LogP contribution in [0.1, 0.15) is 30.1 Å². The Morgan fingerprint density at radius 1 is 1.33 bits per heavy atom. The minimum absolute atomic E-state index is 0.0370. The predicted octanol–water partition coefficient (Wildman–Crippen LogP) is 1.97. The molecule has 1 aliphatic heterocycles. The third kappa shape index (κ3) is 4.11. The molecule has 1 fully saturated rings. The van der Waals surface area contributed by atoms with E-state index in [0.717, 1.165) is 36.8 Å². The fourth-order valence-corrected chi connectivity index (χ4v) is 2.81. The van der Waals surface area contributed by atoms with Crippen molar-refractivity contribution in [1.29, 1.82) is 0 Å². The second-order valence-corrected chi connectivity index (χ2v) is 6.12. The molecule has 2 aromatic rings. The van der Waals surface area contributed by atoms with Crippen molar-refractivity contribution in [2.45, 2.75) is 26.4 Å². The number of rotatable bonds is 4. The summed E-state index contributed by atoms with van der Waals surface area (Å²) in [6, 6.07) is 7.53. The molecule has 1 atom stereocenters. The van der Waals surface area contributed by atoms with Crippen LogP contribution in [0.25, 0.3) is 0 Å². The quantitative estimate of drug-likeness (QED) is 0.928. The number of aryl methyl sites for hydroxylation is 1. The van der Waals surface area contributed by atoms with Crippen LogP contribution < -0.4 is 5.32 Å². The number of nitrogens with zero attached hydrogens (tertiary/aromatic N) is 4. The lowest BCUT2D eigenvalue weighted by molar-refractivity contribution is 0.132. The number of carbonyl (C=O) groups is 1. The van der Waals surface area contributed by atoms with Crippen LogP contribution in [0.5, 0.6) is 0 Å². The maximum absolute atomic E-state index is 12.4. The first-order valence-electron chi connectivity index (χ1n) is 8.23. The van der Waals surface area contributed by atoms with Crippen molar-refractivity contribution in [3.63, 3.8) is 0 Å². The van der Waals surface area contributed by atoms with Crippen molar-refractivity contribution >= 4 is 6.03 Å². The summed E-state index contributed by atoms with van der Waals surface area (Å²) in [4.78, 5) is 20.8. The van der Waals surface area contributed by atoms with E-state index in [-0.39, 0.29) is 12.1 Å². The van der Waals surface area contributed by atoms with Crippen molar-refractivity contribution in [3.05, 3.63) is 47.6 Å². The number of pyridine rings is 1. The molecule has 7 nitrogen and oxygen atoms in total. The number of piperazine rings is 1. The summed E-state index contributed by atoms with van der Waals surface area (Å²) >= 11 is 0. The maximum atomic E-state index is 12.4. The Hall–Kier alpha value is -2.41. The highest BCUT2D eigenvalue weighted by Crippen LogP contribution is 2.11. The molecule has 2 amide bonds. The number of hydrogen-bond donors (Lipinski definition) is 1. The smallest absolute Gasteiger partial charge is 0.318 e. The van der Waals surface area contributed by atoms with Crippen molar-refractivity contribution in [3.8, 4) is 0 Å². The Balaban J connectivity index is 1.46. The molecular formula is C17H23N5O2. The van der Waals surface area contributed by atoms with E-state index in [4.69, 9.17) is 4.52 Å². The van der Waals surface area contributed by atoms with Gasteiger partial charge in [-0.05, 0) is 26.0 Å². The van der Waals surface area contributed by atoms with Gasteiger partial charge in [-0.1, -0.05) is 11.2 Å². The lowest BCUT2D eigenvalue weighted by atomic mass is 10.2. The topological polar surface area (TPSA) is 74.5 Å². The monoisotopic (exact) mass is 329 g/mol. The van der Waals surface area contributed by atoms with E-state index in [9.17, 15) is 4.79 Å². The van der Waals surface area contributed by atoms with Gasteiger partial charge in [-0.25, -0.2) is 4.79 Å². The van der Waals surface area contributed by atoms with Crippen LogP contribution in [-0.4, -0.2) is 52.2 Å². The van der Waals surface area contributed by atoms with E-state index in [0.29, 0.717) is 13.1 Å². The largest absolute Gasteiger partial charge is 0.361 e. The van der Waals surface area contributed by atoms with E-state index in [1.165, 1.54) is 0 Å². The summed E-state index contributed by atoms with van der Waals surface area (Å²) in [6.07, 6.45) is 1.74. The average Bonchev–Trinajstić information content (AvgIpc) is 3.01. The fraction of sp³-hybridized carbons (Fsp3) is 0.471. The number of nitrogens with one attached hydrogen (secondary N) is 1. The maximum Gasteiger partial charge on any atom is 0.318 e. The van der Waals surface area contributed by atoms with Crippen LogP contribution in [0.2, 0.25) is 0 Å². The Labute approximate surface area is 141 Å². The van der Waals surface area contributed by atoms with Gasteiger partial charge in [-0.15, -0.1) is 0 Å². The molecule has 0 spiro atoms. The van der Waals surface area contributed by atoms with Gasteiger partial charge in [-0.2, -0.15) is 0 Å². The molecule has 3 rings (SSSR count). The van der Waals surface area contributed by atoms with Gasteiger partial charge in [0.1, 0.15) is 5.76 Å². The molecule has 128 valence electrons. The van der Waals surface area contributed by atoms with Crippen LogP contribution in [0.15, 0.2) is 35.0 Å². The standard InChI is InChI=1S/C17H23N5O2/c1-13-11-15(20-24-13)12-21-7-9-22(10-8-21)17(23)19-14(2)16-5-3-4-6-18-16/h3-6,11,14H,7-10,12H2,1-2H3,(H,19,23). The summed E-state index contributed by atoms with van der Waals surface area (Å²) in [7, 11) is 0. The van der Waals surface area contributed by atoms with Crippen LogP contribution in [-0.2, 0) is 6.54 Å². The van der Waals surface area contributed by atoms with Gasteiger partial charge in [0.15, 0.2) is 0 Å². The van der Waals surface area contributed by atoms with E-state index in [1.807, 2.05) is 43.0 Å². The van der Waals surface area contributed by atoms with Gasteiger partial charge < -0.3 is 14.7 Å². The zero-order chi connectivity index (χ0) is 16.9. The number of urea groups is 1. The SMILES string of the molecule is Cc1cc(CN2CCN(C(=O)NC(C)c3ccccn3)CC2)no1. The van der Waals surface area contributed by atoms with Crippen LogP contribution in [0, 0.1) is 6.92 Å². The van der Waals surface area contributed by atoms with Crippen molar-refractivity contribution in [2.75, 3.05) is 26.2 Å². The number of carbonyl (C=O) groups excluding carboxylic acids is 1. The molecule has 24 heavy (non-hydrogen) atoms. The summed E-state index contributed by atoms with van der Waals surface area (Å²) in [5.74, 6) is 0.825. The van der Waals surface area contributed by atoms with Gasteiger partial charge in [0.05, 0.1) is 17.4 Å². The lowest BCUT2D eigenvalue weighted by Crippen LogP contribution is -2.51. The fourth-order valence-electron chi connectivity index (χ4n) is 2.81. The number of hydrogen-bond acceptors (Lipinski definition) is 5. The minimum atomic E-state index is -0.102. The van der Waals surface area contributed by atoms with E-state index < -0.39 is 0 Å². The average molecular weight is 329 g/mol. The first-order chi connectivity index (χ1) is 11.6. The van der Waals surface area contributed by atoms with E-state index in [1.54, 1.807) is 6.20 Å². The van der Waals surface area contributed by atoms with Gasteiger partial charge in [-0.3, -0.25) is 9.88 Å². The molecule has 0 radical (unpaired) electrons. The highest BCUT2D eigenvalue weighted by atomic mass is 16.5. The molecule has 0 aromatic carbocycles. The highest BCUT2D eigenvalue weighted by Gasteiger charge is 2.23. The van der Waals surface area contributed by atoms with E-state index in [2.05, 4.69) is 20.4 Å². The van der Waals surface area contributed by atoms with Crippen molar-refractivity contribution in [2.24, 2.45) is 0 Å². The molecule has 0 bridgehead atoms. The molecule has 0 saturated carbocycles. The molecule has 1 aliphatic rings. The molecule has 2 aromatic heterocycles. The van der Waals surface area contributed by atoms with Crippen LogP contribution in [0.4, 0.5) is 4.79 Å². The number of amides is 2.